The van der Waals surface area contributed by atoms with Crippen LogP contribution in [0.2, 0.25) is 0 Å². The van der Waals surface area contributed by atoms with Gasteiger partial charge in [0.15, 0.2) is 0 Å². The maximum absolute atomic E-state index is 9.89. The van der Waals surface area contributed by atoms with Gasteiger partial charge in [-0.2, -0.15) is 0 Å². The van der Waals surface area contributed by atoms with Gasteiger partial charge in [0, 0.05) is 0 Å². The molecule has 0 aromatic carbocycles. The molecule has 0 saturated carbocycles. The van der Waals surface area contributed by atoms with E-state index in [9.17, 15) is 9.90 Å². The van der Waals surface area contributed by atoms with E-state index in [2.05, 4.69) is 0 Å². The third-order valence-corrected chi connectivity index (χ3v) is 0.603. The Hall–Kier alpha value is 0.690. The zero-order valence-electron chi connectivity index (χ0n) is 6.18. The maximum Gasteiger partial charge on any atom is 2.00 e. The number of carboxylic acids is 1. The van der Waals surface area contributed by atoms with Crippen LogP contribution < -0.4 is 5.11 Å². The van der Waals surface area contributed by atoms with E-state index in [0.717, 1.165) is 0 Å². The van der Waals surface area contributed by atoms with Gasteiger partial charge in [-0.3, -0.25) is 0 Å². The van der Waals surface area contributed by atoms with Gasteiger partial charge in [-0.1, -0.05) is 0 Å². The number of carbonyl (C=O) groups is 1. The van der Waals surface area contributed by atoms with Crippen LogP contribution >= 0.6 is 0 Å². The van der Waals surface area contributed by atoms with Gasteiger partial charge in [0.2, 0.25) is 0 Å². The molecular weight excluding hydrogens is 146 g/mol. The van der Waals surface area contributed by atoms with E-state index in [-0.39, 0.29) is 44.3 Å². The van der Waals surface area contributed by atoms with Crippen molar-refractivity contribution in [2.45, 2.75) is 0 Å². The van der Waals surface area contributed by atoms with Crippen molar-refractivity contribution < 1.29 is 14.4 Å². The van der Waals surface area contributed by atoms with Crippen LogP contribution in [0.15, 0.2) is 0 Å². The summed E-state index contributed by atoms with van der Waals surface area (Å²) in [6.45, 7) is 0.0694. The normalized spacial score (nSPS) is 10.1. The summed E-state index contributed by atoms with van der Waals surface area (Å²) in [7, 11) is 5.40. The second kappa shape index (κ2) is 4.50. The molecule has 0 fully saturated rings. The summed E-state index contributed by atoms with van der Waals surface area (Å²) < 4.78 is 0.419. The van der Waals surface area contributed by atoms with E-state index < -0.39 is 5.97 Å². The van der Waals surface area contributed by atoms with E-state index in [1.165, 1.54) is 0 Å². The Morgan fingerprint density at radius 3 is 1.78 bits per heavy atom. The van der Waals surface area contributed by atoms with Gasteiger partial charge in [0.1, 0.15) is 6.54 Å². The van der Waals surface area contributed by atoms with E-state index in [1.54, 1.807) is 21.1 Å². The molecule has 0 aliphatic rings. The summed E-state index contributed by atoms with van der Waals surface area (Å²) in [6.07, 6.45) is 0. The molecule has 0 bridgehead atoms. The molecule has 0 N–H and O–H groups in total. The average Bonchev–Trinajstić information content (AvgIpc) is 1.21. The number of likely N-dealkylation sites (N-methyl/N-ethyl adjacent to an activating group) is 1. The Morgan fingerprint density at radius 2 is 1.78 bits per heavy atom. The summed E-state index contributed by atoms with van der Waals surface area (Å²) in [5.41, 5.74) is 0. The minimum Gasteiger partial charge on any atom is -0.544 e. The third-order valence-electron chi connectivity index (χ3n) is 0.603. The fourth-order valence-corrected chi connectivity index (χ4v) is 0.387. The molecule has 48 valence electrons. The van der Waals surface area contributed by atoms with Gasteiger partial charge in [0.05, 0.1) is 27.1 Å². The van der Waals surface area contributed by atoms with E-state index >= 15 is 0 Å². The monoisotopic (exact) mass is 157 g/mol. The van der Waals surface area contributed by atoms with Crippen LogP contribution in [0.5, 0.6) is 0 Å². The molecule has 0 saturated heterocycles. The van der Waals surface area contributed by atoms with Crippen LogP contribution in [0.4, 0.5) is 0 Å². The number of quaternary nitrogens is 1. The molecule has 0 rings (SSSR count). The number of rotatable bonds is 2. The van der Waals surface area contributed by atoms with Crippen molar-refractivity contribution >= 4 is 43.7 Å². The fraction of sp³-hybridized carbons (Fsp3) is 0.800. The summed E-state index contributed by atoms with van der Waals surface area (Å²) in [5.74, 6) is -1.00. The van der Waals surface area contributed by atoms with E-state index in [1.807, 2.05) is 0 Å². The van der Waals surface area contributed by atoms with Crippen molar-refractivity contribution in [1.82, 2.24) is 0 Å². The van der Waals surface area contributed by atoms with E-state index in [0.29, 0.717) is 4.48 Å². The Kier molecular flexibility index (Phi) is 6.18. The van der Waals surface area contributed by atoms with Crippen LogP contribution in [0.1, 0.15) is 0 Å². The van der Waals surface area contributed by atoms with Crippen LogP contribution in [-0.2, 0) is 4.79 Å². The number of hydrogen-bond donors (Lipinski definition) is 0. The molecule has 4 heteroatoms. The molecule has 0 radical (unpaired) electrons. The molecule has 9 heavy (non-hydrogen) atoms. The number of hydrogen-bond acceptors (Lipinski definition) is 2. The quantitative estimate of drug-likeness (QED) is 0.346. The third kappa shape index (κ3) is 12.0. The Morgan fingerprint density at radius 1 is 1.44 bits per heavy atom. The number of aliphatic carboxylic acids is 1. The van der Waals surface area contributed by atoms with Crippen molar-refractivity contribution in [1.29, 1.82) is 0 Å². The molecule has 0 spiro atoms. The fourth-order valence-electron chi connectivity index (χ4n) is 0.387. The van der Waals surface area contributed by atoms with Crippen LogP contribution in [-0.4, -0.2) is 75.9 Å². The molecular formula is C5H11CaNO2+2. The zero-order chi connectivity index (χ0) is 6.78. The molecule has 0 aromatic rings. The largest absolute Gasteiger partial charge is 2.00 e. The smallest absolute Gasteiger partial charge is 0.544 e. The average molecular weight is 157 g/mol. The van der Waals surface area contributed by atoms with Crippen LogP contribution in [0.25, 0.3) is 0 Å². The molecule has 3 nitrogen and oxygen atoms in total. The van der Waals surface area contributed by atoms with Gasteiger partial charge in [0.25, 0.3) is 0 Å². The van der Waals surface area contributed by atoms with Crippen molar-refractivity contribution in [3.8, 4) is 0 Å². The minimum absolute atomic E-state index is 0. The summed E-state index contributed by atoms with van der Waals surface area (Å²) in [4.78, 5) is 9.89. The van der Waals surface area contributed by atoms with Gasteiger partial charge in [-0.15, -0.1) is 0 Å². The van der Waals surface area contributed by atoms with Crippen LogP contribution in [0, 0.1) is 0 Å². The topological polar surface area (TPSA) is 40.1 Å². The predicted octanol–water partition coefficient (Wildman–Crippen LogP) is -1.94. The molecule has 0 aromatic heterocycles. The molecule has 0 heterocycles. The molecule has 0 unspecified atom stereocenters. The van der Waals surface area contributed by atoms with Gasteiger partial charge >= 0.3 is 37.7 Å². The van der Waals surface area contributed by atoms with Crippen molar-refractivity contribution in [2.75, 3.05) is 27.7 Å². The first-order valence-electron chi connectivity index (χ1n) is 2.42. The van der Waals surface area contributed by atoms with E-state index in [4.69, 9.17) is 0 Å². The summed E-state index contributed by atoms with van der Waals surface area (Å²) in [5, 5.41) is 9.89. The first-order chi connectivity index (χ1) is 3.42. The molecule has 0 atom stereocenters. The first-order valence-corrected chi connectivity index (χ1v) is 2.42. The standard InChI is InChI=1S/C5H11NO2.Ca/c1-6(2,3)4-5(7)8;/h4H2,1-3H3;/q;+2. The summed E-state index contributed by atoms with van der Waals surface area (Å²) in [6, 6.07) is 0. The second-order valence-corrected chi connectivity index (χ2v) is 2.82. The minimum atomic E-state index is -1.00. The Bertz CT molecular complexity index is 97.6. The van der Waals surface area contributed by atoms with Crippen molar-refractivity contribution in [3.63, 3.8) is 0 Å². The SMILES string of the molecule is C[N+](C)(C)CC(=O)[O-].[Ca+2]. The van der Waals surface area contributed by atoms with Crippen LogP contribution in [0.3, 0.4) is 0 Å². The van der Waals surface area contributed by atoms with Gasteiger partial charge < -0.3 is 14.4 Å². The first kappa shape index (κ1) is 12.4. The van der Waals surface area contributed by atoms with Gasteiger partial charge in [-0.05, 0) is 0 Å². The second-order valence-electron chi connectivity index (χ2n) is 2.82. The maximum atomic E-state index is 9.89. The van der Waals surface area contributed by atoms with Crippen molar-refractivity contribution in [2.24, 2.45) is 0 Å². The Balaban J connectivity index is 0. The Labute approximate surface area is 85.2 Å². The molecule has 0 aliphatic carbocycles. The molecule has 0 aliphatic heterocycles. The number of nitrogens with zero attached hydrogens (tertiary/aromatic N) is 1. The van der Waals surface area contributed by atoms with Gasteiger partial charge in [-0.25, -0.2) is 0 Å². The number of carboxylic acid groups (broad SMARTS) is 1. The summed E-state index contributed by atoms with van der Waals surface area (Å²) >= 11 is 0. The predicted molar refractivity (Wildman–Crippen MR) is 33.7 cm³/mol. The molecule has 0 amide bonds. The zero-order valence-corrected chi connectivity index (χ0v) is 8.39. The van der Waals surface area contributed by atoms with Crippen molar-refractivity contribution in [3.05, 3.63) is 0 Å². The number of carbonyl (C=O) groups excluding carboxylic acids is 1.